The van der Waals surface area contributed by atoms with Crippen LogP contribution in [0.4, 0.5) is 13.2 Å². The lowest BCUT2D eigenvalue weighted by Gasteiger charge is -2.15. The third-order valence-electron chi connectivity index (χ3n) is 3.17. The number of amides is 2. The first-order valence-corrected chi connectivity index (χ1v) is 8.40. The van der Waals surface area contributed by atoms with Crippen molar-refractivity contribution in [3.8, 4) is 11.4 Å². The normalized spacial score (nSPS) is 11.1. The summed E-state index contributed by atoms with van der Waals surface area (Å²) >= 11 is 1.03. The zero-order chi connectivity index (χ0) is 20.0. The number of thioether (sulfide) groups is 1. The standard InChI is InChI=1S/C14H15F3N6O3S/c1-18-11(24)7-22(2)12(25)8-27-13-19-20-21-23(13)9-3-5-10(6-4-9)26-14(15,16)17/h3-6H,7-8H2,1-2H3,(H,18,24). The number of nitrogens with zero attached hydrogens (tertiary/aromatic N) is 5. The van der Waals surface area contributed by atoms with E-state index in [4.69, 9.17) is 0 Å². The predicted molar refractivity (Wildman–Crippen MR) is 88.3 cm³/mol. The van der Waals surface area contributed by atoms with Gasteiger partial charge in [-0.05, 0) is 34.7 Å². The molecule has 146 valence electrons. The second-order valence-corrected chi connectivity index (χ2v) is 6.07. The van der Waals surface area contributed by atoms with Crippen molar-refractivity contribution in [3.63, 3.8) is 0 Å². The molecule has 0 atom stereocenters. The van der Waals surface area contributed by atoms with Crippen molar-refractivity contribution in [2.75, 3.05) is 26.4 Å². The van der Waals surface area contributed by atoms with Crippen molar-refractivity contribution in [3.05, 3.63) is 24.3 Å². The Balaban J connectivity index is 2.01. The number of halogens is 3. The number of aromatic nitrogens is 4. The first-order valence-electron chi connectivity index (χ1n) is 7.41. The van der Waals surface area contributed by atoms with Gasteiger partial charge in [-0.2, -0.15) is 4.68 Å². The van der Waals surface area contributed by atoms with E-state index in [2.05, 4.69) is 25.6 Å². The summed E-state index contributed by atoms with van der Waals surface area (Å²) in [7, 11) is 2.95. The van der Waals surface area contributed by atoms with Gasteiger partial charge in [-0.25, -0.2) is 0 Å². The molecule has 1 N–H and O–H groups in total. The number of hydrogen-bond acceptors (Lipinski definition) is 7. The molecule has 0 bridgehead atoms. The number of rotatable bonds is 7. The first kappa shape index (κ1) is 20.5. The molecule has 9 nitrogen and oxygen atoms in total. The van der Waals surface area contributed by atoms with Crippen molar-refractivity contribution in [1.29, 1.82) is 0 Å². The van der Waals surface area contributed by atoms with Crippen LogP contribution in [0.25, 0.3) is 5.69 Å². The topological polar surface area (TPSA) is 102 Å². The van der Waals surface area contributed by atoms with Gasteiger partial charge in [0.25, 0.3) is 0 Å². The highest BCUT2D eigenvalue weighted by atomic mass is 32.2. The van der Waals surface area contributed by atoms with Crippen LogP contribution in [0.3, 0.4) is 0 Å². The minimum absolute atomic E-state index is 0.0247. The molecule has 1 heterocycles. The monoisotopic (exact) mass is 404 g/mol. The molecule has 0 radical (unpaired) electrons. The Labute approximate surface area is 155 Å². The SMILES string of the molecule is CNC(=O)CN(C)C(=O)CSc1nnnn1-c1ccc(OC(F)(F)F)cc1. The summed E-state index contributed by atoms with van der Waals surface area (Å²) in [6.07, 6.45) is -4.78. The van der Waals surface area contributed by atoms with Crippen LogP contribution in [-0.2, 0) is 9.59 Å². The van der Waals surface area contributed by atoms with Crippen LogP contribution in [0.2, 0.25) is 0 Å². The van der Waals surface area contributed by atoms with Crippen LogP contribution >= 0.6 is 11.8 Å². The van der Waals surface area contributed by atoms with Crippen molar-refractivity contribution in [1.82, 2.24) is 30.4 Å². The number of carbonyl (C=O) groups is 2. The zero-order valence-corrected chi connectivity index (χ0v) is 15.0. The Morgan fingerprint density at radius 1 is 1.30 bits per heavy atom. The van der Waals surface area contributed by atoms with E-state index < -0.39 is 6.36 Å². The van der Waals surface area contributed by atoms with Gasteiger partial charge in [0, 0.05) is 14.1 Å². The Hall–Kier alpha value is -2.83. The van der Waals surface area contributed by atoms with E-state index in [1.807, 2.05) is 0 Å². The van der Waals surface area contributed by atoms with Crippen LogP contribution in [0.5, 0.6) is 5.75 Å². The minimum Gasteiger partial charge on any atom is -0.406 e. The Morgan fingerprint density at radius 2 is 1.96 bits per heavy atom. The van der Waals surface area contributed by atoms with Gasteiger partial charge in [-0.1, -0.05) is 11.8 Å². The minimum atomic E-state index is -4.78. The molecular weight excluding hydrogens is 389 g/mol. The van der Waals surface area contributed by atoms with Crippen LogP contribution in [0, 0.1) is 0 Å². The van der Waals surface area contributed by atoms with Gasteiger partial charge < -0.3 is 15.0 Å². The van der Waals surface area contributed by atoms with Crippen molar-refractivity contribution in [2.24, 2.45) is 0 Å². The summed E-state index contributed by atoms with van der Waals surface area (Å²) < 4.78 is 41.7. The van der Waals surface area contributed by atoms with E-state index in [0.29, 0.717) is 5.69 Å². The van der Waals surface area contributed by atoms with Crippen LogP contribution < -0.4 is 10.1 Å². The first-order chi connectivity index (χ1) is 12.7. The third kappa shape index (κ3) is 6.13. The Morgan fingerprint density at radius 3 is 2.56 bits per heavy atom. The summed E-state index contributed by atoms with van der Waals surface area (Å²) in [6.45, 7) is -0.0818. The van der Waals surface area contributed by atoms with Gasteiger partial charge in [0.15, 0.2) is 0 Å². The fraction of sp³-hybridized carbons (Fsp3) is 0.357. The van der Waals surface area contributed by atoms with Crippen LogP contribution in [0.1, 0.15) is 0 Å². The lowest BCUT2D eigenvalue weighted by molar-refractivity contribution is -0.274. The zero-order valence-electron chi connectivity index (χ0n) is 14.2. The molecule has 1 aromatic carbocycles. The number of tetrazole rings is 1. The van der Waals surface area contributed by atoms with Crippen molar-refractivity contribution >= 4 is 23.6 Å². The van der Waals surface area contributed by atoms with Gasteiger partial charge in [-0.15, -0.1) is 18.3 Å². The maximum atomic E-state index is 12.2. The highest BCUT2D eigenvalue weighted by Gasteiger charge is 2.31. The molecule has 0 fully saturated rings. The number of carbonyl (C=O) groups excluding carboxylic acids is 2. The lowest BCUT2D eigenvalue weighted by atomic mass is 10.3. The average Bonchev–Trinajstić information content (AvgIpc) is 3.07. The molecule has 0 aliphatic heterocycles. The van der Waals surface area contributed by atoms with Gasteiger partial charge in [-0.3, -0.25) is 9.59 Å². The number of hydrogen-bond donors (Lipinski definition) is 1. The second kappa shape index (κ2) is 8.70. The summed E-state index contributed by atoms with van der Waals surface area (Å²) in [5.74, 6) is -1.02. The Bertz CT molecular complexity index is 796. The molecule has 0 aliphatic carbocycles. The van der Waals surface area contributed by atoms with E-state index in [1.54, 1.807) is 0 Å². The highest BCUT2D eigenvalue weighted by molar-refractivity contribution is 7.99. The largest absolute Gasteiger partial charge is 0.573 e. The molecule has 0 unspecified atom stereocenters. The van der Waals surface area contributed by atoms with Crippen molar-refractivity contribution < 1.29 is 27.5 Å². The molecule has 0 saturated carbocycles. The van der Waals surface area contributed by atoms with E-state index in [9.17, 15) is 22.8 Å². The fourth-order valence-corrected chi connectivity index (χ4v) is 2.67. The summed E-state index contributed by atoms with van der Waals surface area (Å²) in [5, 5.41) is 13.7. The van der Waals surface area contributed by atoms with E-state index in [1.165, 1.54) is 35.8 Å². The smallest absolute Gasteiger partial charge is 0.406 e. The van der Waals surface area contributed by atoms with E-state index in [-0.39, 0.29) is 35.0 Å². The summed E-state index contributed by atoms with van der Waals surface area (Å²) in [6, 6.07) is 4.95. The quantitative estimate of drug-likeness (QED) is 0.683. The summed E-state index contributed by atoms with van der Waals surface area (Å²) in [5.41, 5.74) is 0.392. The molecule has 2 rings (SSSR count). The summed E-state index contributed by atoms with van der Waals surface area (Å²) in [4.78, 5) is 24.6. The van der Waals surface area contributed by atoms with Crippen LogP contribution in [0.15, 0.2) is 29.4 Å². The number of benzene rings is 1. The highest BCUT2D eigenvalue weighted by Crippen LogP contribution is 2.25. The maximum Gasteiger partial charge on any atom is 0.573 e. The molecule has 13 heteroatoms. The average molecular weight is 404 g/mol. The lowest BCUT2D eigenvalue weighted by Crippen LogP contribution is -2.37. The molecule has 2 amide bonds. The van der Waals surface area contributed by atoms with Gasteiger partial charge in [0.1, 0.15) is 5.75 Å². The van der Waals surface area contributed by atoms with Gasteiger partial charge >= 0.3 is 6.36 Å². The second-order valence-electron chi connectivity index (χ2n) is 5.13. The molecule has 2 aromatic rings. The van der Waals surface area contributed by atoms with E-state index >= 15 is 0 Å². The molecule has 27 heavy (non-hydrogen) atoms. The molecule has 1 aromatic heterocycles. The molecule has 0 spiro atoms. The molecule has 0 aliphatic rings. The van der Waals surface area contributed by atoms with Gasteiger partial charge in [0.2, 0.25) is 17.0 Å². The Kier molecular flexibility index (Phi) is 6.60. The number of alkyl halides is 3. The molecular formula is C14H15F3N6O3S. The maximum absolute atomic E-state index is 12.2. The van der Waals surface area contributed by atoms with E-state index in [0.717, 1.165) is 23.9 Å². The van der Waals surface area contributed by atoms with Gasteiger partial charge in [0.05, 0.1) is 18.0 Å². The third-order valence-corrected chi connectivity index (χ3v) is 4.07. The van der Waals surface area contributed by atoms with Crippen LogP contribution in [-0.4, -0.2) is 69.7 Å². The number of nitrogens with one attached hydrogen (secondary N) is 1. The molecule has 0 saturated heterocycles. The van der Waals surface area contributed by atoms with Crippen molar-refractivity contribution in [2.45, 2.75) is 11.5 Å². The predicted octanol–water partition coefficient (Wildman–Crippen LogP) is 0.857. The fourth-order valence-electron chi connectivity index (χ4n) is 1.84. The number of likely N-dealkylation sites (N-methyl/N-ethyl adjacent to an activating group) is 2. The number of ether oxygens (including phenoxy) is 1.